The van der Waals surface area contributed by atoms with Crippen molar-refractivity contribution >= 4 is 17.7 Å². The highest BCUT2D eigenvalue weighted by molar-refractivity contribution is 7.99. The largest absolute Gasteiger partial charge is 0.341 e. The van der Waals surface area contributed by atoms with Gasteiger partial charge in [-0.3, -0.25) is 4.79 Å². The normalized spacial score (nSPS) is 16.3. The summed E-state index contributed by atoms with van der Waals surface area (Å²) in [7, 11) is 1.82. The Morgan fingerprint density at radius 1 is 1.04 bits per heavy atom. The summed E-state index contributed by atoms with van der Waals surface area (Å²) in [6, 6.07) is 21.1. The first kappa shape index (κ1) is 18.7. The molecule has 1 aliphatic rings. The fourth-order valence-corrected chi connectivity index (χ4v) is 4.73. The minimum absolute atomic E-state index is 0.173. The van der Waals surface area contributed by atoms with Gasteiger partial charge in [-0.1, -0.05) is 72.4 Å². The van der Waals surface area contributed by atoms with Crippen molar-refractivity contribution in [3.63, 3.8) is 0 Å². The molecule has 0 saturated carbocycles. The Kier molecular flexibility index (Phi) is 5.43. The van der Waals surface area contributed by atoms with Gasteiger partial charge in [0.05, 0.1) is 0 Å². The second-order valence-corrected chi connectivity index (χ2v) is 8.13. The van der Waals surface area contributed by atoms with E-state index in [-0.39, 0.29) is 11.3 Å². The summed E-state index contributed by atoms with van der Waals surface area (Å²) in [5.41, 5.74) is 2.36. The Labute approximate surface area is 168 Å². The molecule has 28 heavy (non-hydrogen) atoms. The molecule has 1 aliphatic heterocycles. The van der Waals surface area contributed by atoms with Crippen LogP contribution in [0.1, 0.15) is 24.0 Å². The lowest BCUT2D eigenvalue weighted by Crippen LogP contribution is -2.50. The van der Waals surface area contributed by atoms with Crippen LogP contribution in [0.3, 0.4) is 0 Å². The molecule has 144 valence electrons. The van der Waals surface area contributed by atoms with Crippen LogP contribution in [0.4, 0.5) is 0 Å². The number of tetrazole rings is 1. The fourth-order valence-electron chi connectivity index (χ4n) is 3.92. The quantitative estimate of drug-likeness (QED) is 0.603. The number of rotatable bonds is 6. The third-order valence-electron chi connectivity index (χ3n) is 5.41. The lowest BCUT2D eigenvalue weighted by molar-refractivity contribution is -0.134. The molecule has 0 spiro atoms. The number of thioether (sulfide) groups is 1. The zero-order chi connectivity index (χ0) is 19.4. The molecule has 2 heterocycles. The van der Waals surface area contributed by atoms with Crippen molar-refractivity contribution in [1.29, 1.82) is 0 Å². The van der Waals surface area contributed by atoms with Gasteiger partial charge in [0.1, 0.15) is 0 Å². The van der Waals surface area contributed by atoms with Crippen LogP contribution in [0.15, 0.2) is 65.8 Å². The Bertz CT molecular complexity index is 889. The number of nitrogens with zero attached hydrogens (tertiary/aromatic N) is 5. The van der Waals surface area contributed by atoms with E-state index in [1.807, 2.05) is 24.1 Å². The average Bonchev–Trinajstić information content (AvgIpc) is 3.15. The molecule has 1 aromatic heterocycles. The van der Waals surface area contributed by atoms with Crippen molar-refractivity contribution in [1.82, 2.24) is 25.1 Å². The zero-order valence-electron chi connectivity index (χ0n) is 15.9. The van der Waals surface area contributed by atoms with Crippen molar-refractivity contribution < 1.29 is 4.79 Å². The first-order valence-corrected chi connectivity index (χ1v) is 10.4. The Morgan fingerprint density at radius 2 is 1.68 bits per heavy atom. The van der Waals surface area contributed by atoms with E-state index in [1.165, 1.54) is 11.1 Å². The molecule has 0 radical (unpaired) electrons. The number of carbonyl (C=O) groups is 1. The molecule has 2 aromatic carbocycles. The molecule has 1 saturated heterocycles. The lowest BCUT2D eigenvalue weighted by atomic mass is 9.69. The maximum Gasteiger partial charge on any atom is 0.222 e. The number of likely N-dealkylation sites (tertiary alicyclic amines) is 1. The molecule has 1 amide bonds. The predicted molar refractivity (Wildman–Crippen MR) is 109 cm³/mol. The third kappa shape index (κ3) is 3.67. The van der Waals surface area contributed by atoms with E-state index >= 15 is 0 Å². The highest BCUT2D eigenvalue weighted by atomic mass is 32.2. The summed E-state index contributed by atoms with van der Waals surface area (Å²) in [5, 5.41) is 12.3. The average molecular weight is 394 g/mol. The van der Waals surface area contributed by atoms with E-state index in [9.17, 15) is 4.79 Å². The number of piperidine rings is 1. The van der Waals surface area contributed by atoms with Gasteiger partial charge >= 0.3 is 0 Å². The standard InChI is InChI=1S/C21H23N5OS/c1-25-20(22-23-24-25)28-15-14-26-16-21(13-12-19(26)27,17-8-4-2-5-9-17)18-10-6-3-7-11-18/h2-11H,12-16H2,1H3. The van der Waals surface area contributed by atoms with Crippen molar-refractivity contribution in [3.05, 3.63) is 71.8 Å². The minimum Gasteiger partial charge on any atom is -0.341 e. The van der Waals surface area contributed by atoms with Crippen LogP contribution < -0.4 is 0 Å². The smallest absolute Gasteiger partial charge is 0.222 e. The van der Waals surface area contributed by atoms with Crippen LogP contribution in [-0.4, -0.2) is 49.9 Å². The van der Waals surface area contributed by atoms with Gasteiger partial charge in [-0.25, -0.2) is 4.68 Å². The van der Waals surface area contributed by atoms with E-state index in [0.717, 1.165) is 17.3 Å². The number of hydrogen-bond acceptors (Lipinski definition) is 5. The summed E-state index contributed by atoms with van der Waals surface area (Å²) in [6.45, 7) is 1.37. The topological polar surface area (TPSA) is 63.9 Å². The van der Waals surface area contributed by atoms with Crippen LogP contribution in [0.25, 0.3) is 0 Å². The number of carbonyl (C=O) groups excluding carboxylic acids is 1. The Hall–Kier alpha value is -2.67. The number of amides is 1. The van der Waals surface area contributed by atoms with Gasteiger partial charge < -0.3 is 4.90 Å². The molecule has 0 unspecified atom stereocenters. The molecule has 3 aromatic rings. The Balaban J connectivity index is 1.57. The van der Waals surface area contributed by atoms with Crippen molar-refractivity contribution in [3.8, 4) is 0 Å². The van der Waals surface area contributed by atoms with Gasteiger partial charge in [0, 0.05) is 37.7 Å². The molecule has 4 rings (SSSR count). The van der Waals surface area contributed by atoms with Gasteiger partial charge in [0.2, 0.25) is 11.1 Å². The van der Waals surface area contributed by atoms with E-state index in [2.05, 4.69) is 64.1 Å². The van der Waals surface area contributed by atoms with Crippen molar-refractivity contribution in [2.24, 2.45) is 7.05 Å². The van der Waals surface area contributed by atoms with Gasteiger partial charge in [-0.15, -0.1) is 5.10 Å². The number of aryl methyl sites for hydroxylation is 1. The van der Waals surface area contributed by atoms with Gasteiger partial charge in [0.25, 0.3) is 0 Å². The summed E-state index contributed by atoms with van der Waals surface area (Å²) >= 11 is 1.57. The van der Waals surface area contributed by atoms with Crippen LogP contribution in [0.2, 0.25) is 0 Å². The maximum absolute atomic E-state index is 12.7. The van der Waals surface area contributed by atoms with Crippen LogP contribution in [0, 0.1) is 0 Å². The summed E-state index contributed by atoms with van der Waals surface area (Å²) in [5.74, 6) is 0.985. The second kappa shape index (κ2) is 8.14. The summed E-state index contributed by atoms with van der Waals surface area (Å²) < 4.78 is 1.65. The van der Waals surface area contributed by atoms with E-state index in [4.69, 9.17) is 0 Å². The first-order chi connectivity index (χ1) is 13.7. The molecule has 0 N–H and O–H groups in total. The Morgan fingerprint density at radius 3 is 2.25 bits per heavy atom. The molecule has 1 fully saturated rings. The molecular formula is C21H23N5OS. The van der Waals surface area contributed by atoms with Crippen LogP contribution in [0.5, 0.6) is 0 Å². The van der Waals surface area contributed by atoms with Crippen LogP contribution in [-0.2, 0) is 17.3 Å². The first-order valence-electron chi connectivity index (χ1n) is 9.43. The van der Waals surface area contributed by atoms with Crippen molar-refractivity contribution in [2.75, 3.05) is 18.8 Å². The van der Waals surface area contributed by atoms with Crippen LogP contribution >= 0.6 is 11.8 Å². The number of hydrogen-bond donors (Lipinski definition) is 0. The van der Waals surface area contributed by atoms with Gasteiger partial charge in [0.15, 0.2) is 0 Å². The molecule has 7 heteroatoms. The molecule has 6 nitrogen and oxygen atoms in total. The molecule has 0 bridgehead atoms. The minimum atomic E-state index is -0.173. The number of aromatic nitrogens is 4. The monoisotopic (exact) mass is 393 g/mol. The highest BCUT2D eigenvalue weighted by Crippen LogP contribution is 2.40. The second-order valence-electron chi connectivity index (χ2n) is 7.06. The SMILES string of the molecule is Cn1nnnc1SCCN1CC(c2ccccc2)(c2ccccc2)CCC1=O. The summed E-state index contributed by atoms with van der Waals surface area (Å²) in [4.78, 5) is 14.7. The third-order valence-corrected chi connectivity index (χ3v) is 6.40. The fraction of sp³-hybridized carbons (Fsp3) is 0.333. The van der Waals surface area contributed by atoms with E-state index in [1.54, 1.807) is 16.4 Å². The van der Waals surface area contributed by atoms with E-state index in [0.29, 0.717) is 19.5 Å². The number of benzene rings is 2. The molecule has 0 aliphatic carbocycles. The predicted octanol–water partition coefficient (Wildman–Crippen LogP) is 2.91. The van der Waals surface area contributed by atoms with Gasteiger partial charge in [-0.2, -0.15) is 0 Å². The highest BCUT2D eigenvalue weighted by Gasteiger charge is 2.41. The maximum atomic E-state index is 12.7. The molecule has 0 atom stereocenters. The van der Waals surface area contributed by atoms with Crippen molar-refractivity contribution in [2.45, 2.75) is 23.4 Å². The summed E-state index contributed by atoms with van der Waals surface area (Å²) in [6.07, 6.45) is 1.39. The molecular weight excluding hydrogens is 370 g/mol. The zero-order valence-corrected chi connectivity index (χ0v) is 16.7. The lowest BCUT2D eigenvalue weighted by Gasteiger charge is -2.43. The van der Waals surface area contributed by atoms with E-state index < -0.39 is 0 Å². The van der Waals surface area contributed by atoms with Gasteiger partial charge in [-0.05, 0) is 28.0 Å².